The van der Waals surface area contributed by atoms with E-state index in [1.165, 1.54) is 0 Å². The molecule has 0 unspecified atom stereocenters. The summed E-state index contributed by atoms with van der Waals surface area (Å²) < 4.78 is 0. The first-order valence-electron chi connectivity index (χ1n) is 9.69. The fourth-order valence-electron chi connectivity index (χ4n) is 3.99. The largest absolute Gasteiger partial charge is 0.330 e. The molecule has 5 nitrogen and oxygen atoms in total. The fourth-order valence-corrected chi connectivity index (χ4v) is 4.43. The molecular formula is C23H18Cl2N4O. The quantitative estimate of drug-likeness (QED) is 0.589. The molecule has 0 saturated carbocycles. The Morgan fingerprint density at radius 1 is 1.00 bits per heavy atom. The average Bonchev–Trinajstić information content (AvgIpc) is 3.36. The molecule has 150 valence electrons. The van der Waals surface area contributed by atoms with Crippen LogP contribution >= 0.6 is 23.2 Å². The smallest absolute Gasteiger partial charge is 0.256 e. The van der Waals surface area contributed by atoms with E-state index in [9.17, 15) is 4.79 Å². The summed E-state index contributed by atoms with van der Waals surface area (Å²) >= 11 is 12.6. The second-order valence-corrected chi connectivity index (χ2v) is 8.19. The van der Waals surface area contributed by atoms with Crippen molar-refractivity contribution in [1.82, 2.24) is 9.88 Å². The van der Waals surface area contributed by atoms with Crippen molar-refractivity contribution >= 4 is 40.6 Å². The van der Waals surface area contributed by atoms with Crippen LogP contribution in [-0.2, 0) is 13.1 Å². The van der Waals surface area contributed by atoms with Crippen LogP contribution in [0.3, 0.4) is 0 Å². The van der Waals surface area contributed by atoms with E-state index in [2.05, 4.69) is 20.9 Å². The van der Waals surface area contributed by atoms with Crippen LogP contribution in [0.25, 0.3) is 0 Å². The highest BCUT2D eigenvalue weighted by molar-refractivity contribution is 6.34. The van der Waals surface area contributed by atoms with E-state index in [1.54, 1.807) is 12.4 Å². The molecule has 7 heteroatoms. The van der Waals surface area contributed by atoms with Crippen molar-refractivity contribution in [1.29, 1.82) is 0 Å². The monoisotopic (exact) mass is 436 g/mol. The fraction of sp³-hybridized carbons (Fsp3) is 0.174. The van der Waals surface area contributed by atoms with Crippen molar-refractivity contribution < 1.29 is 4.79 Å². The maximum absolute atomic E-state index is 13.0. The maximum Gasteiger partial charge on any atom is 0.256 e. The number of hydrogen-bond acceptors (Lipinski definition) is 4. The van der Waals surface area contributed by atoms with E-state index in [4.69, 9.17) is 23.2 Å². The third-order valence-electron chi connectivity index (χ3n) is 5.40. The zero-order valence-corrected chi connectivity index (χ0v) is 17.6. The van der Waals surface area contributed by atoms with Gasteiger partial charge in [0.1, 0.15) is 5.84 Å². The molecule has 1 amide bonds. The van der Waals surface area contributed by atoms with Gasteiger partial charge in [-0.1, -0.05) is 35.3 Å². The zero-order chi connectivity index (χ0) is 20.7. The number of rotatable bonds is 4. The third kappa shape index (κ3) is 3.44. The molecule has 0 fully saturated rings. The molecule has 2 aromatic carbocycles. The van der Waals surface area contributed by atoms with Crippen molar-refractivity contribution in [3.05, 3.63) is 93.2 Å². The third-order valence-corrected chi connectivity index (χ3v) is 5.95. The summed E-state index contributed by atoms with van der Waals surface area (Å²) in [7, 11) is 0. The topological polar surface area (TPSA) is 48.8 Å². The summed E-state index contributed by atoms with van der Waals surface area (Å²) in [6.07, 6.45) is 3.52. The summed E-state index contributed by atoms with van der Waals surface area (Å²) in [4.78, 5) is 25.7. The Morgan fingerprint density at radius 2 is 1.77 bits per heavy atom. The van der Waals surface area contributed by atoms with Gasteiger partial charge in [-0.2, -0.15) is 0 Å². The molecule has 30 heavy (non-hydrogen) atoms. The highest BCUT2D eigenvalue weighted by atomic mass is 35.5. The van der Waals surface area contributed by atoms with Crippen molar-refractivity contribution in [2.45, 2.75) is 13.1 Å². The SMILES string of the molecule is O=C1c2c(Cl)cc(N3CCN=C3c3ccncc3)cc2CN1Cc1ccc(Cl)cc1. The van der Waals surface area contributed by atoms with Gasteiger partial charge < -0.3 is 9.80 Å². The van der Waals surface area contributed by atoms with Crippen LogP contribution in [0.5, 0.6) is 0 Å². The van der Waals surface area contributed by atoms with Gasteiger partial charge in [-0.3, -0.25) is 14.8 Å². The average molecular weight is 437 g/mol. The first-order valence-corrected chi connectivity index (χ1v) is 10.4. The highest BCUT2D eigenvalue weighted by Crippen LogP contribution is 2.35. The lowest BCUT2D eigenvalue weighted by molar-refractivity contribution is 0.0767. The van der Waals surface area contributed by atoms with Crippen LogP contribution in [0.1, 0.15) is 27.0 Å². The predicted molar refractivity (Wildman–Crippen MR) is 119 cm³/mol. The van der Waals surface area contributed by atoms with Gasteiger partial charge in [0.05, 0.1) is 17.1 Å². The molecule has 1 aromatic heterocycles. The lowest BCUT2D eigenvalue weighted by Gasteiger charge is -2.21. The molecule has 0 radical (unpaired) electrons. The molecule has 0 aliphatic carbocycles. The van der Waals surface area contributed by atoms with Gasteiger partial charge in [0.25, 0.3) is 5.91 Å². The number of carbonyl (C=O) groups excluding carboxylic acids is 1. The second kappa shape index (κ2) is 7.74. The Bertz CT molecular complexity index is 1150. The summed E-state index contributed by atoms with van der Waals surface area (Å²) in [5.41, 5.74) is 4.53. The Balaban J connectivity index is 1.43. The molecular weight excluding hydrogens is 419 g/mol. The molecule has 2 aliphatic heterocycles. The molecule has 5 rings (SSSR count). The van der Waals surface area contributed by atoms with Crippen molar-refractivity contribution in [3.8, 4) is 0 Å². The number of pyridine rings is 1. The molecule has 3 heterocycles. The number of anilines is 1. The Morgan fingerprint density at radius 3 is 2.53 bits per heavy atom. The number of fused-ring (bicyclic) bond motifs is 1. The van der Waals surface area contributed by atoms with Gasteiger partial charge in [-0.15, -0.1) is 0 Å². The number of amides is 1. The van der Waals surface area contributed by atoms with Crippen LogP contribution < -0.4 is 4.90 Å². The van der Waals surface area contributed by atoms with Crippen LogP contribution in [0.2, 0.25) is 10.0 Å². The summed E-state index contributed by atoms with van der Waals surface area (Å²) in [6, 6.07) is 15.4. The maximum atomic E-state index is 13.0. The number of nitrogens with zero attached hydrogens (tertiary/aromatic N) is 4. The number of hydrogen-bond donors (Lipinski definition) is 0. The molecule has 0 saturated heterocycles. The Hall–Kier alpha value is -2.89. The van der Waals surface area contributed by atoms with Crippen molar-refractivity contribution in [2.75, 3.05) is 18.0 Å². The van der Waals surface area contributed by atoms with E-state index < -0.39 is 0 Å². The standard InChI is InChI=1S/C23H18Cl2N4O/c24-18-3-1-15(2-4-18)13-28-14-17-11-19(12-20(25)21(17)23(28)30)29-10-9-27-22(29)16-5-7-26-8-6-16/h1-8,11-12H,9-10,13-14H2. The molecule has 0 spiro atoms. The van der Waals surface area contributed by atoms with E-state index in [0.717, 1.165) is 34.8 Å². The van der Waals surface area contributed by atoms with Crippen LogP contribution in [0.15, 0.2) is 65.9 Å². The second-order valence-electron chi connectivity index (χ2n) is 7.34. The minimum Gasteiger partial charge on any atom is -0.330 e. The molecule has 2 aliphatic rings. The van der Waals surface area contributed by atoms with E-state index >= 15 is 0 Å². The number of carbonyl (C=O) groups is 1. The van der Waals surface area contributed by atoms with Crippen molar-refractivity contribution in [2.24, 2.45) is 4.99 Å². The van der Waals surface area contributed by atoms with Gasteiger partial charge in [0, 0.05) is 48.3 Å². The van der Waals surface area contributed by atoms with E-state index in [1.807, 2.05) is 47.4 Å². The van der Waals surface area contributed by atoms with Crippen LogP contribution in [0, 0.1) is 0 Å². The number of aliphatic imine (C=N–C) groups is 1. The molecule has 0 N–H and O–H groups in total. The van der Waals surface area contributed by atoms with Crippen LogP contribution in [0.4, 0.5) is 5.69 Å². The molecule has 0 atom stereocenters. The van der Waals surface area contributed by atoms with Gasteiger partial charge in [-0.25, -0.2) is 0 Å². The molecule has 0 bridgehead atoms. The number of benzene rings is 2. The minimum atomic E-state index is -0.0408. The summed E-state index contributed by atoms with van der Waals surface area (Å²) in [5.74, 6) is 0.858. The van der Waals surface area contributed by atoms with E-state index in [-0.39, 0.29) is 5.91 Å². The Labute approximate surface area is 184 Å². The van der Waals surface area contributed by atoms with E-state index in [0.29, 0.717) is 35.2 Å². The Kier molecular flexibility index (Phi) is 4.93. The first-order chi connectivity index (χ1) is 14.6. The zero-order valence-electron chi connectivity index (χ0n) is 16.1. The lowest BCUT2D eigenvalue weighted by Crippen LogP contribution is -2.28. The van der Waals surface area contributed by atoms with Gasteiger partial charge in [0.15, 0.2) is 0 Å². The predicted octanol–water partition coefficient (Wildman–Crippen LogP) is 4.81. The van der Waals surface area contributed by atoms with Gasteiger partial charge in [0.2, 0.25) is 0 Å². The molecule has 3 aromatic rings. The lowest BCUT2D eigenvalue weighted by atomic mass is 10.1. The van der Waals surface area contributed by atoms with Gasteiger partial charge >= 0.3 is 0 Å². The number of amidine groups is 1. The summed E-state index contributed by atoms with van der Waals surface area (Å²) in [6.45, 7) is 2.53. The van der Waals surface area contributed by atoms with Gasteiger partial charge in [-0.05, 0) is 47.5 Å². The van der Waals surface area contributed by atoms with Crippen LogP contribution in [-0.4, -0.2) is 34.7 Å². The van der Waals surface area contributed by atoms with Crippen molar-refractivity contribution in [3.63, 3.8) is 0 Å². The summed E-state index contributed by atoms with van der Waals surface area (Å²) in [5, 5.41) is 1.16. The number of aromatic nitrogens is 1. The number of halogens is 2. The normalized spacial score (nSPS) is 15.5. The highest BCUT2D eigenvalue weighted by Gasteiger charge is 2.32. The minimum absolute atomic E-state index is 0.0408. The first kappa shape index (κ1) is 19.1.